The van der Waals surface area contributed by atoms with Gasteiger partial charge in [0.15, 0.2) is 11.2 Å². The Morgan fingerprint density at radius 3 is 2.54 bits per heavy atom. The Morgan fingerprint density at radius 2 is 1.85 bits per heavy atom. The average Bonchev–Trinajstić information content (AvgIpc) is 3.01. The van der Waals surface area contributed by atoms with E-state index in [-0.39, 0.29) is 0 Å². The quantitative estimate of drug-likeness (QED) is 0.619. The van der Waals surface area contributed by atoms with Crippen LogP contribution in [0.3, 0.4) is 0 Å². The largest absolute Gasteiger partial charge is 0.334 e. The summed E-state index contributed by atoms with van der Waals surface area (Å²) >= 11 is 0. The molecule has 0 atom stereocenters. The molecule has 136 valence electrons. The summed E-state index contributed by atoms with van der Waals surface area (Å²) in [7, 11) is 3.82. The standard InChI is InChI=1S/C18H22N6O2/c1-21-8-10-23(11-9-21)17-19-15-14(16(25)20-18(26)22(15)2)24(17)12-13-6-4-3-5-7-13/h3-7H,8-12H2,1-2H3,(H,20,25,26)/p+1. The van der Waals surface area contributed by atoms with Crippen molar-refractivity contribution in [1.82, 2.24) is 19.1 Å². The predicted molar refractivity (Wildman–Crippen MR) is 100.0 cm³/mol. The number of H-pyrrole nitrogens is 1. The van der Waals surface area contributed by atoms with Crippen LogP contribution in [0.4, 0.5) is 5.95 Å². The maximum Gasteiger partial charge on any atom is 0.329 e. The first-order chi connectivity index (χ1) is 12.5. The summed E-state index contributed by atoms with van der Waals surface area (Å²) in [6.45, 7) is 4.31. The zero-order valence-corrected chi connectivity index (χ0v) is 15.0. The van der Waals surface area contributed by atoms with Crippen LogP contribution >= 0.6 is 0 Å². The number of piperazine rings is 1. The fourth-order valence-corrected chi connectivity index (χ4v) is 3.47. The van der Waals surface area contributed by atoms with Gasteiger partial charge < -0.3 is 9.80 Å². The third-order valence-electron chi connectivity index (χ3n) is 5.07. The lowest BCUT2D eigenvalue weighted by molar-refractivity contribution is -0.880. The molecule has 4 rings (SSSR count). The van der Waals surface area contributed by atoms with Crippen LogP contribution in [0.1, 0.15) is 5.56 Å². The van der Waals surface area contributed by atoms with Crippen LogP contribution in [0.2, 0.25) is 0 Å². The third kappa shape index (κ3) is 2.82. The molecule has 1 aliphatic rings. The molecule has 0 bridgehead atoms. The van der Waals surface area contributed by atoms with Crippen molar-refractivity contribution in [1.29, 1.82) is 0 Å². The molecule has 8 nitrogen and oxygen atoms in total. The van der Waals surface area contributed by atoms with Crippen LogP contribution in [-0.2, 0) is 13.6 Å². The number of anilines is 1. The van der Waals surface area contributed by atoms with Gasteiger partial charge in [-0.05, 0) is 5.56 Å². The zero-order valence-electron chi connectivity index (χ0n) is 15.0. The number of aryl methyl sites for hydroxylation is 1. The van der Waals surface area contributed by atoms with Crippen LogP contribution in [0.25, 0.3) is 11.2 Å². The van der Waals surface area contributed by atoms with Crippen molar-refractivity contribution >= 4 is 17.1 Å². The van der Waals surface area contributed by atoms with Gasteiger partial charge in [-0.25, -0.2) is 4.79 Å². The lowest BCUT2D eigenvalue weighted by Crippen LogP contribution is -3.12. The summed E-state index contributed by atoms with van der Waals surface area (Å²) in [5, 5.41) is 0. The van der Waals surface area contributed by atoms with Gasteiger partial charge >= 0.3 is 5.69 Å². The number of likely N-dealkylation sites (N-methyl/N-ethyl adjacent to an activating group) is 1. The van der Waals surface area contributed by atoms with Gasteiger partial charge in [-0.1, -0.05) is 30.3 Å². The van der Waals surface area contributed by atoms with Crippen LogP contribution in [0.5, 0.6) is 0 Å². The van der Waals surface area contributed by atoms with E-state index < -0.39 is 11.2 Å². The average molecular weight is 355 g/mol. The molecule has 0 amide bonds. The topological polar surface area (TPSA) is 80.4 Å². The first kappa shape index (κ1) is 16.6. The summed E-state index contributed by atoms with van der Waals surface area (Å²) in [4.78, 5) is 35.3. The smallest absolute Gasteiger partial charge is 0.329 e. The highest BCUT2D eigenvalue weighted by Gasteiger charge is 2.25. The third-order valence-corrected chi connectivity index (χ3v) is 5.07. The number of nitrogens with one attached hydrogen (secondary N) is 2. The van der Waals surface area contributed by atoms with Gasteiger partial charge in [-0.2, -0.15) is 4.98 Å². The van der Waals surface area contributed by atoms with E-state index in [0.29, 0.717) is 17.7 Å². The monoisotopic (exact) mass is 355 g/mol. The zero-order chi connectivity index (χ0) is 18.3. The molecule has 8 heteroatoms. The lowest BCUT2D eigenvalue weighted by Gasteiger charge is -2.31. The molecule has 3 heterocycles. The van der Waals surface area contributed by atoms with E-state index in [1.54, 1.807) is 7.05 Å². The van der Waals surface area contributed by atoms with Crippen LogP contribution in [0.15, 0.2) is 39.9 Å². The van der Waals surface area contributed by atoms with E-state index in [4.69, 9.17) is 4.98 Å². The highest BCUT2D eigenvalue weighted by Crippen LogP contribution is 2.21. The molecule has 0 unspecified atom stereocenters. The van der Waals surface area contributed by atoms with Crippen LogP contribution in [0, 0.1) is 0 Å². The van der Waals surface area contributed by atoms with Crippen molar-refractivity contribution in [2.75, 3.05) is 38.1 Å². The number of hydrogen-bond donors (Lipinski definition) is 2. The summed E-state index contributed by atoms with van der Waals surface area (Å²) < 4.78 is 3.34. The Morgan fingerprint density at radius 1 is 1.15 bits per heavy atom. The molecule has 0 radical (unpaired) electrons. The minimum absolute atomic E-state index is 0.391. The minimum atomic E-state index is -0.443. The Kier molecular flexibility index (Phi) is 4.12. The van der Waals surface area contributed by atoms with E-state index in [9.17, 15) is 9.59 Å². The first-order valence-electron chi connectivity index (χ1n) is 8.84. The number of rotatable bonds is 3. The van der Waals surface area contributed by atoms with Gasteiger partial charge in [-0.3, -0.25) is 18.9 Å². The number of hydrogen-bond acceptors (Lipinski definition) is 4. The Labute approximate surface area is 150 Å². The summed E-state index contributed by atoms with van der Waals surface area (Å²) in [5.74, 6) is 0.753. The van der Waals surface area contributed by atoms with Crippen molar-refractivity contribution in [2.45, 2.75) is 6.54 Å². The van der Waals surface area contributed by atoms with Crippen molar-refractivity contribution in [3.63, 3.8) is 0 Å². The van der Waals surface area contributed by atoms with E-state index in [1.807, 2.05) is 34.9 Å². The normalized spacial score (nSPS) is 15.7. The molecule has 3 aromatic rings. The number of fused-ring (bicyclic) bond motifs is 1. The summed E-state index contributed by atoms with van der Waals surface area (Å²) in [6.07, 6.45) is 0. The molecule has 1 saturated heterocycles. The maximum atomic E-state index is 12.6. The number of nitrogens with zero attached hydrogens (tertiary/aromatic N) is 4. The van der Waals surface area contributed by atoms with Gasteiger partial charge in [-0.15, -0.1) is 0 Å². The molecule has 1 fully saturated rings. The Balaban J connectivity index is 1.90. The van der Waals surface area contributed by atoms with Crippen molar-refractivity contribution < 1.29 is 4.90 Å². The van der Waals surface area contributed by atoms with Crippen molar-refractivity contribution in [2.24, 2.45) is 7.05 Å². The highest BCUT2D eigenvalue weighted by molar-refractivity contribution is 5.74. The van der Waals surface area contributed by atoms with E-state index in [0.717, 1.165) is 37.7 Å². The fourth-order valence-electron chi connectivity index (χ4n) is 3.47. The lowest BCUT2D eigenvalue weighted by atomic mass is 10.2. The Bertz CT molecular complexity index is 1040. The summed E-state index contributed by atoms with van der Waals surface area (Å²) in [5.41, 5.74) is 1.12. The predicted octanol–water partition coefficient (Wildman–Crippen LogP) is -1.19. The number of aromatic nitrogens is 4. The number of aromatic amines is 1. The first-order valence-corrected chi connectivity index (χ1v) is 8.84. The second-order valence-corrected chi connectivity index (χ2v) is 6.92. The van der Waals surface area contributed by atoms with Crippen LogP contribution in [-0.4, -0.2) is 52.3 Å². The van der Waals surface area contributed by atoms with Gasteiger partial charge in [0.25, 0.3) is 5.56 Å². The van der Waals surface area contributed by atoms with Gasteiger partial charge in [0, 0.05) is 7.05 Å². The SMILES string of the molecule is Cn1c(=O)[nH]c(=O)c2c1nc(N1CC[NH+](C)CC1)n2Cc1ccccc1. The van der Waals surface area contributed by atoms with Gasteiger partial charge in [0.05, 0.1) is 39.8 Å². The molecule has 26 heavy (non-hydrogen) atoms. The van der Waals surface area contributed by atoms with Crippen molar-refractivity contribution in [3.8, 4) is 0 Å². The molecule has 0 spiro atoms. The maximum absolute atomic E-state index is 12.6. The fraction of sp³-hybridized carbons (Fsp3) is 0.389. The number of quaternary nitrogens is 1. The Hall–Kier alpha value is -2.87. The summed E-state index contributed by atoms with van der Waals surface area (Å²) in [6, 6.07) is 9.98. The van der Waals surface area contributed by atoms with Crippen LogP contribution < -0.4 is 21.0 Å². The minimum Gasteiger partial charge on any atom is -0.334 e. The van der Waals surface area contributed by atoms with Crippen molar-refractivity contribution in [3.05, 3.63) is 56.7 Å². The molecular weight excluding hydrogens is 332 g/mol. The number of benzene rings is 1. The highest BCUT2D eigenvalue weighted by atomic mass is 16.2. The molecule has 1 aromatic carbocycles. The van der Waals surface area contributed by atoms with Gasteiger partial charge in [0.1, 0.15) is 0 Å². The van der Waals surface area contributed by atoms with E-state index in [2.05, 4.69) is 16.9 Å². The second-order valence-electron chi connectivity index (χ2n) is 6.92. The molecular formula is C18H23N6O2+. The van der Waals surface area contributed by atoms with E-state index >= 15 is 0 Å². The molecule has 0 aliphatic carbocycles. The molecule has 0 saturated carbocycles. The number of imidazole rings is 1. The second kappa shape index (κ2) is 6.45. The molecule has 2 aromatic heterocycles. The van der Waals surface area contributed by atoms with Gasteiger partial charge in [0.2, 0.25) is 5.95 Å². The molecule has 1 aliphatic heterocycles. The van der Waals surface area contributed by atoms with E-state index in [1.165, 1.54) is 9.47 Å². The molecule has 2 N–H and O–H groups in total.